The van der Waals surface area contributed by atoms with Crippen LogP contribution in [0.2, 0.25) is 0 Å². The van der Waals surface area contributed by atoms with Crippen molar-refractivity contribution in [3.63, 3.8) is 0 Å². The van der Waals surface area contributed by atoms with Crippen LogP contribution in [0.5, 0.6) is 11.6 Å². The van der Waals surface area contributed by atoms with Crippen LogP contribution < -0.4 is 10.5 Å². The molecule has 4 N–H and O–H groups in total. The summed E-state index contributed by atoms with van der Waals surface area (Å²) in [6.07, 6.45) is 3.37. The molecule has 0 amide bonds. The van der Waals surface area contributed by atoms with E-state index in [-0.39, 0.29) is 29.6 Å². The second-order valence-electron chi connectivity index (χ2n) is 5.96. The van der Waals surface area contributed by atoms with Crippen molar-refractivity contribution in [3.05, 3.63) is 66.1 Å². The first-order valence-electron chi connectivity index (χ1n) is 8.26. The van der Waals surface area contributed by atoms with Gasteiger partial charge < -0.3 is 20.7 Å². The molecule has 4 rings (SSSR count). The molecule has 0 atom stereocenters. The normalized spacial score (nSPS) is 10.9. The van der Waals surface area contributed by atoms with Crippen molar-refractivity contribution in [1.82, 2.24) is 19.7 Å². The summed E-state index contributed by atoms with van der Waals surface area (Å²) in [6, 6.07) is 11.1. The molecule has 9 nitrogen and oxygen atoms in total. The minimum absolute atomic E-state index is 0.000396. The summed E-state index contributed by atoms with van der Waals surface area (Å²) in [7, 11) is 0. The number of rotatable bonds is 5. The second-order valence-corrected chi connectivity index (χ2v) is 5.96. The number of hydrogen-bond donors (Lipinski definition) is 3. The summed E-state index contributed by atoms with van der Waals surface area (Å²) >= 11 is 0. The highest BCUT2D eigenvalue weighted by atomic mass is 16.5. The van der Waals surface area contributed by atoms with Crippen molar-refractivity contribution in [3.8, 4) is 17.3 Å². The van der Waals surface area contributed by atoms with Crippen LogP contribution >= 0.6 is 0 Å². The van der Waals surface area contributed by atoms with Crippen molar-refractivity contribution in [2.75, 3.05) is 5.73 Å². The Kier molecular flexibility index (Phi) is 4.24. The Morgan fingerprint density at radius 3 is 2.79 bits per heavy atom. The van der Waals surface area contributed by atoms with Crippen molar-refractivity contribution >= 4 is 22.7 Å². The third kappa shape index (κ3) is 3.28. The number of pyridine rings is 2. The molecular weight excluding hydrogens is 362 g/mol. The Morgan fingerprint density at radius 2 is 2.04 bits per heavy atom. The smallest absolute Gasteiger partial charge is 0.335 e. The number of hydrogen-bond acceptors (Lipinski definition) is 7. The number of carboxylic acids is 1. The summed E-state index contributed by atoms with van der Waals surface area (Å²) in [5, 5.41) is 23.6. The molecule has 0 saturated carbocycles. The highest BCUT2D eigenvalue weighted by Gasteiger charge is 2.12. The maximum Gasteiger partial charge on any atom is 0.335 e. The fourth-order valence-electron chi connectivity index (χ4n) is 2.78. The van der Waals surface area contributed by atoms with E-state index < -0.39 is 5.97 Å². The molecule has 4 aromatic rings. The summed E-state index contributed by atoms with van der Waals surface area (Å²) < 4.78 is 7.38. The summed E-state index contributed by atoms with van der Waals surface area (Å²) in [5.74, 6) is -0.734. The molecule has 3 heterocycles. The van der Waals surface area contributed by atoms with E-state index in [4.69, 9.17) is 15.6 Å². The van der Waals surface area contributed by atoms with Gasteiger partial charge in [0, 0.05) is 23.8 Å². The van der Waals surface area contributed by atoms with E-state index in [1.807, 2.05) is 0 Å². The molecule has 1 aromatic carbocycles. The van der Waals surface area contributed by atoms with Gasteiger partial charge in [-0.2, -0.15) is 5.10 Å². The molecule has 0 unspecified atom stereocenters. The van der Waals surface area contributed by atoms with Gasteiger partial charge in [-0.05, 0) is 36.4 Å². The standard InChI is InChI=1S/C19H15N5O4/c20-18-16(9-12-8-11(19(26)27)2-3-13(12)23-18)28-10-14-15(4-5-17(25)22-14)24-7-1-6-21-24/h1-9H,10H2,(H2,20,23)(H,22,25)(H,26,27). The van der Waals surface area contributed by atoms with Crippen LogP contribution in [0.15, 0.2) is 54.9 Å². The Hall–Kier alpha value is -4.14. The largest absolute Gasteiger partial charge is 0.493 e. The van der Waals surface area contributed by atoms with Crippen molar-refractivity contribution < 1.29 is 19.7 Å². The van der Waals surface area contributed by atoms with Crippen LogP contribution in [-0.4, -0.2) is 35.9 Å². The fraction of sp³-hybridized carbons (Fsp3) is 0.0526. The lowest BCUT2D eigenvalue weighted by molar-refractivity contribution is 0.0697. The molecule has 0 aliphatic rings. The SMILES string of the molecule is Nc1nc2ccc(C(=O)O)cc2cc1OCc1nc(O)ccc1-n1cccn1. The summed E-state index contributed by atoms with van der Waals surface area (Å²) in [5.41, 5.74) is 7.76. The van der Waals surface area contributed by atoms with Crippen LogP contribution in [0.3, 0.4) is 0 Å². The Bertz CT molecular complexity index is 1170. The first-order chi connectivity index (χ1) is 13.5. The Labute approximate surface area is 158 Å². The number of anilines is 1. The number of carbonyl (C=O) groups is 1. The third-order valence-corrected chi connectivity index (χ3v) is 4.11. The van der Waals surface area contributed by atoms with Gasteiger partial charge in [-0.15, -0.1) is 0 Å². The number of nitrogen functional groups attached to an aromatic ring is 1. The van der Waals surface area contributed by atoms with E-state index in [0.29, 0.717) is 22.3 Å². The van der Waals surface area contributed by atoms with Crippen LogP contribution in [0, 0.1) is 0 Å². The van der Waals surface area contributed by atoms with Gasteiger partial charge in [-0.25, -0.2) is 19.4 Å². The van der Waals surface area contributed by atoms with E-state index in [1.165, 1.54) is 18.2 Å². The predicted octanol–water partition coefficient (Wildman–Crippen LogP) is 2.38. The number of aromatic hydroxyl groups is 1. The predicted molar refractivity (Wildman–Crippen MR) is 100 cm³/mol. The zero-order chi connectivity index (χ0) is 19.7. The number of fused-ring (bicyclic) bond motifs is 1. The van der Waals surface area contributed by atoms with E-state index in [9.17, 15) is 9.90 Å². The van der Waals surface area contributed by atoms with E-state index in [2.05, 4.69) is 15.1 Å². The van der Waals surface area contributed by atoms with Gasteiger partial charge in [0.05, 0.1) is 16.8 Å². The van der Waals surface area contributed by atoms with Crippen molar-refractivity contribution in [1.29, 1.82) is 0 Å². The molecule has 9 heteroatoms. The lowest BCUT2D eigenvalue weighted by Gasteiger charge is -2.12. The summed E-state index contributed by atoms with van der Waals surface area (Å²) in [6.45, 7) is -0.000396. The quantitative estimate of drug-likeness (QED) is 0.482. The second kappa shape index (κ2) is 6.88. The van der Waals surface area contributed by atoms with Gasteiger partial charge in [-0.3, -0.25) is 0 Å². The van der Waals surface area contributed by atoms with Crippen molar-refractivity contribution in [2.24, 2.45) is 0 Å². The fourth-order valence-corrected chi connectivity index (χ4v) is 2.78. The molecule has 0 saturated heterocycles. The molecular formula is C19H15N5O4. The number of nitrogens with zero attached hydrogens (tertiary/aromatic N) is 4. The highest BCUT2D eigenvalue weighted by molar-refractivity contribution is 5.94. The van der Waals surface area contributed by atoms with Gasteiger partial charge in [0.25, 0.3) is 0 Å². The van der Waals surface area contributed by atoms with E-state index in [1.54, 1.807) is 41.3 Å². The average Bonchev–Trinajstić information content (AvgIpc) is 3.20. The van der Waals surface area contributed by atoms with Gasteiger partial charge >= 0.3 is 5.97 Å². The summed E-state index contributed by atoms with van der Waals surface area (Å²) in [4.78, 5) is 19.5. The number of aromatic nitrogens is 4. The zero-order valence-corrected chi connectivity index (χ0v) is 14.5. The lowest BCUT2D eigenvalue weighted by Crippen LogP contribution is -2.07. The third-order valence-electron chi connectivity index (χ3n) is 4.11. The number of ether oxygens (including phenoxy) is 1. The zero-order valence-electron chi connectivity index (χ0n) is 14.5. The lowest BCUT2D eigenvalue weighted by atomic mass is 10.1. The van der Waals surface area contributed by atoms with Gasteiger partial charge in [0.1, 0.15) is 12.3 Å². The molecule has 0 radical (unpaired) electrons. The monoisotopic (exact) mass is 377 g/mol. The molecule has 28 heavy (non-hydrogen) atoms. The topological polar surface area (TPSA) is 136 Å². The molecule has 0 bridgehead atoms. The number of nitrogens with two attached hydrogens (primary N) is 1. The highest BCUT2D eigenvalue weighted by Crippen LogP contribution is 2.27. The molecule has 0 fully saturated rings. The number of carboxylic acid groups (broad SMARTS) is 1. The first kappa shape index (κ1) is 17.3. The first-order valence-corrected chi connectivity index (χ1v) is 8.26. The molecule has 0 spiro atoms. The Balaban J connectivity index is 1.67. The van der Waals surface area contributed by atoms with Crippen molar-refractivity contribution in [2.45, 2.75) is 6.61 Å². The minimum Gasteiger partial charge on any atom is -0.493 e. The Morgan fingerprint density at radius 1 is 1.18 bits per heavy atom. The number of benzene rings is 1. The molecule has 3 aromatic heterocycles. The van der Waals surface area contributed by atoms with Gasteiger partial charge in [0.2, 0.25) is 5.88 Å². The van der Waals surface area contributed by atoms with Gasteiger partial charge in [-0.1, -0.05) is 0 Å². The molecule has 0 aliphatic carbocycles. The number of aromatic carboxylic acids is 1. The minimum atomic E-state index is -1.03. The maximum absolute atomic E-state index is 11.2. The average molecular weight is 377 g/mol. The van der Waals surface area contributed by atoms with Crippen LogP contribution in [-0.2, 0) is 6.61 Å². The van der Waals surface area contributed by atoms with Crippen LogP contribution in [0.25, 0.3) is 16.6 Å². The van der Waals surface area contributed by atoms with Crippen LogP contribution in [0.4, 0.5) is 5.82 Å². The van der Waals surface area contributed by atoms with E-state index in [0.717, 1.165) is 0 Å². The van der Waals surface area contributed by atoms with Crippen LogP contribution in [0.1, 0.15) is 16.1 Å². The maximum atomic E-state index is 11.2. The molecule has 140 valence electrons. The molecule has 0 aliphatic heterocycles. The van der Waals surface area contributed by atoms with Gasteiger partial charge in [0.15, 0.2) is 11.6 Å². The van der Waals surface area contributed by atoms with E-state index >= 15 is 0 Å².